The molecular weight excluding hydrogens is 333 g/mol. The van der Waals surface area contributed by atoms with Gasteiger partial charge in [0, 0.05) is 18.7 Å². The number of nitrogens with zero attached hydrogens (tertiary/aromatic N) is 1. The van der Waals surface area contributed by atoms with Gasteiger partial charge in [-0.05, 0) is 48.2 Å². The molecule has 26 heavy (non-hydrogen) atoms. The zero-order chi connectivity index (χ0) is 18.1. The highest BCUT2D eigenvalue weighted by Crippen LogP contribution is 2.28. The molecule has 2 heterocycles. The monoisotopic (exact) mass is 353 g/mol. The summed E-state index contributed by atoms with van der Waals surface area (Å²) in [6.07, 6.45) is 1.66. The van der Waals surface area contributed by atoms with Gasteiger partial charge < -0.3 is 15.5 Å². The van der Waals surface area contributed by atoms with Gasteiger partial charge in [0.2, 0.25) is 11.8 Å². The summed E-state index contributed by atoms with van der Waals surface area (Å²) in [5.74, 6) is -0.860. The van der Waals surface area contributed by atoms with E-state index in [1.54, 1.807) is 6.07 Å². The minimum Gasteiger partial charge on any atom is -0.322 e. The summed E-state index contributed by atoms with van der Waals surface area (Å²) in [6.45, 7) is 1.24. The van der Waals surface area contributed by atoms with Crippen LogP contribution in [0.5, 0.6) is 0 Å². The zero-order valence-electron chi connectivity index (χ0n) is 14.3. The number of hydrogen-bond acceptors (Lipinski definition) is 3. The van der Waals surface area contributed by atoms with Crippen molar-refractivity contribution in [2.45, 2.75) is 25.8 Å². The van der Waals surface area contributed by atoms with Gasteiger partial charge in [0.25, 0.3) is 0 Å². The molecular formula is C20H20FN3O2. The first kappa shape index (κ1) is 16.7. The van der Waals surface area contributed by atoms with Crippen LogP contribution in [0.3, 0.4) is 0 Å². The predicted molar refractivity (Wildman–Crippen MR) is 97.6 cm³/mol. The van der Waals surface area contributed by atoms with Crippen LogP contribution in [0.25, 0.3) is 0 Å². The molecule has 0 radical (unpaired) electrons. The molecule has 0 bridgehead atoms. The average Bonchev–Trinajstić information content (AvgIpc) is 2.66. The van der Waals surface area contributed by atoms with Gasteiger partial charge in [0.15, 0.2) is 0 Å². The summed E-state index contributed by atoms with van der Waals surface area (Å²) in [6, 6.07) is 11.0. The van der Waals surface area contributed by atoms with E-state index in [0.29, 0.717) is 31.4 Å². The molecule has 6 heteroatoms. The molecule has 0 aliphatic carbocycles. The molecule has 0 atom stereocenters. The van der Waals surface area contributed by atoms with Gasteiger partial charge in [0.1, 0.15) is 12.4 Å². The van der Waals surface area contributed by atoms with Gasteiger partial charge in [0.05, 0.1) is 5.69 Å². The third kappa shape index (κ3) is 3.08. The lowest BCUT2D eigenvalue weighted by atomic mass is 9.99. The standard InChI is InChI=1S/C20H20FN3O2/c21-20-15-9-10-22-11-14(15)5-7-16(20)23-18(25)12-24-17-4-2-1-3-13(17)6-8-19(24)26/h1-5,7,22H,6,8-12H2,(H,23,25). The Morgan fingerprint density at radius 3 is 2.85 bits per heavy atom. The van der Waals surface area contributed by atoms with Crippen molar-refractivity contribution in [2.24, 2.45) is 0 Å². The summed E-state index contributed by atoms with van der Waals surface area (Å²) in [7, 11) is 0. The number of hydrogen-bond donors (Lipinski definition) is 2. The Labute approximate surface area is 151 Å². The van der Waals surface area contributed by atoms with Crippen molar-refractivity contribution in [2.75, 3.05) is 23.3 Å². The van der Waals surface area contributed by atoms with E-state index in [1.165, 1.54) is 4.90 Å². The van der Waals surface area contributed by atoms with Gasteiger partial charge in [-0.3, -0.25) is 9.59 Å². The second-order valence-corrected chi connectivity index (χ2v) is 6.65. The van der Waals surface area contributed by atoms with Crippen molar-refractivity contribution in [3.05, 3.63) is 58.9 Å². The van der Waals surface area contributed by atoms with Crippen LogP contribution in [-0.2, 0) is 29.0 Å². The lowest BCUT2D eigenvalue weighted by Crippen LogP contribution is -2.41. The van der Waals surface area contributed by atoms with E-state index in [1.807, 2.05) is 30.3 Å². The number of benzene rings is 2. The summed E-state index contributed by atoms with van der Waals surface area (Å²) in [5, 5.41) is 5.83. The van der Waals surface area contributed by atoms with Gasteiger partial charge >= 0.3 is 0 Å². The summed E-state index contributed by atoms with van der Waals surface area (Å²) in [5.41, 5.74) is 3.56. The van der Waals surface area contributed by atoms with Crippen molar-refractivity contribution < 1.29 is 14.0 Å². The van der Waals surface area contributed by atoms with Gasteiger partial charge in [-0.25, -0.2) is 4.39 Å². The van der Waals surface area contributed by atoms with Crippen LogP contribution in [-0.4, -0.2) is 24.9 Å². The van der Waals surface area contributed by atoms with Crippen molar-refractivity contribution in [1.29, 1.82) is 0 Å². The Hall–Kier alpha value is -2.73. The van der Waals surface area contributed by atoms with E-state index in [4.69, 9.17) is 0 Å². The van der Waals surface area contributed by atoms with E-state index < -0.39 is 5.91 Å². The number of carbonyl (C=O) groups is 2. The average molecular weight is 353 g/mol. The highest BCUT2D eigenvalue weighted by molar-refractivity contribution is 6.04. The molecule has 5 nitrogen and oxygen atoms in total. The molecule has 2 N–H and O–H groups in total. The largest absolute Gasteiger partial charge is 0.322 e. The topological polar surface area (TPSA) is 61.4 Å². The summed E-state index contributed by atoms with van der Waals surface area (Å²) >= 11 is 0. The van der Waals surface area contributed by atoms with Crippen LogP contribution < -0.4 is 15.5 Å². The minimum atomic E-state index is -0.400. The minimum absolute atomic E-state index is 0.0872. The SMILES string of the molecule is O=C(CN1C(=O)CCc2ccccc21)Nc1ccc2c(c1F)CCNC2. The lowest BCUT2D eigenvalue weighted by molar-refractivity contribution is -0.121. The van der Waals surface area contributed by atoms with E-state index in [-0.39, 0.29) is 24.0 Å². The van der Waals surface area contributed by atoms with Crippen molar-refractivity contribution in [3.8, 4) is 0 Å². The van der Waals surface area contributed by atoms with Crippen LogP contribution >= 0.6 is 0 Å². The number of nitrogens with one attached hydrogen (secondary N) is 2. The van der Waals surface area contributed by atoms with Crippen molar-refractivity contribution in [1.82, 2.24) is 5.32 Å². The number of fused-ring (bicyclic) bond motifs is 2. The highest BCUT2D eigenvalue weighted by atomic mass is 19.1. The second-order valence-electron chi connectivity index (χ2n) is 6.65. The number of aryl methyl sites for hydroxylation is 1. The number of anilines is 2. The molecule has 2 amide bonds. The van der Waals surface area contributed by atoms with Crippen LogP contribution in [0.15, 0.2) is 36.4 Å². The maximum Gasteiger partial charge on any atom is 0.244 e. The van der Waals surface area contributed by atoms with Crippen LogP contribution in [0.1, 0.15) is 23.1 Å². The second kappa shape index (κ2) is 6.88. The predicted octanol–water partition coefficient (Wildman–Crippen LogP) is 2.39. The number of rotatable bonds is 3. The molecule has 2 aliphatic rings. The first-order chi connectivity index (χ1) is 12.6. The van der Waals surface area contributed by atoms with Gasteiger partial charge in [-0.2, -0.15) is 0 Å². The maximum absolute atomic E-state index is 14.7. The Morgan fingerprint density at radius 2 is 1.96 bits per heavy atom. The Morgan fingerprint density at radius 1 is 1.12 bits per heavy atom. The molecule has 0 aromatic heterocycles. The fourth-order valence-electron chi connectivity index (χ4n) is 3.63. The van der Waals surface area contributed by atoms with Gasteiger partial charge in [-0.1, -0.05) is 24.3 Å². The zero-order valence-corrected chi connectivity index (χ0v) is 14.3. The summed E-state index contributed by atoms with van der Waals surface area (Å²) < 4.78 is 14.7. The van der Waals surface area contributed by atoms with E-state index in [2.05, 4.69) is 10.6 Å². The number of amides is 2. The molecule has 2 aromatic rings. The molecule has 2 aliphatic heterocycles. The fraction of sp³-hybridized carbons (Fsp3) is 0.300. The molecule has 0 saturated carbocycles. The van der Waals surface area contributed by atoms with Gasteiger partial charge in [-0.15, -0.1) is 0 Å². The number of halogens is 1. The van der Waals surface area contributed by atoms with Crippen molar-refractivity contribution >= 4 is 23.2 Å². The molecule has 134 valence electrons. The lowest BCUT2D eigenvalue weighted by Gasteiger charge is -2.29. The van der Waals surface area contributed by atoms with E-state index >= 15 is 0 Å². The smallest absolute Gasteiger partial charge is 0.244 e. The quantitative estimate of drug-likeness (QED) is 0.891. The van der Waals surface area contributed by atoms with E-state index in [0.717, 1.165) is 23.4 Å². The third-order valence-corrected chi connectivity index (χ3v) is 4.97. The maximum atomic E-state index is 14.7. The first-order valence-corrected chi connectivity index (χ1v) is 8.82. The third-order valence-electron chi connectivity index (χ3n) is 4.97. The molecule has 4 rings (SSSR count). The number of para-hydroxylation sites is 1. The Balaban J connectivity index is 1.52. The number of carbonyl (C=O) groups excluding carboxylic acids is 2. The normalized spacial score (nSPS) is 16.0. The fourth-order valence-corrected chi connectivity index (χ4v) is 3.63. The Bertz CT molecular complexity index is 881. The molecule has 0 saturated heterocycles. The van der Waals surface area contributed by atoms with Crippen molar-refractivity contribution in [3.63, 3.8) is 0 Å². The highest BCUT2D eigenvalue weighted by Gasteiger charge is 2.26. The van der Waals surface area contributed by atoms with Crippen LogP contribution in [0.4, 0.5) is 15.8 Å². The Kier molecular flexibility index (Phi) is 4.42. The first-order valence-electron chi connectivity index (χ1n) is 8.82. The van der Waals surface area contributed by atoms with Crippen LogP contribution in [0, 0.1) is 5.82 Å². The molecule has 0 fully saturated rings. The molecule has 0 spiro atoms. The van der Waals surface area contributed by atoms with Crippen LogP contribution in [0.2, 0.25) is 0 Å². The van der Waals surface area contributed by atoms with E-state index in [9.17, 15) is 14.0 Å². The summed E-state index contributed by atoms with van der Waals surface area (Å²) in [4.78, 5) is 26.2. The molecule has 0 unspecified atom stereocenters. The molecule has 2 aromatic carbocycles.